The van der Waals surface area contributed by atoms with E-state index in [2.05, 4.69) is 5.32 Å². The fourth-order valence-corrected chi connectivity index (χ4v) is 3.77. The Hall–Kier alpha value is -4.07. The molecule has 1 N–H and O–H groups in total. The van der Waals surface area contributed by atoms with Crippen LogP contribution in [-0.2, 0) is 15.8 Å². The molecule has 0 saturated heterocycles. The zero-order chi connectivity index (χ0) is 24.6. The number of hydrogen-bond acceptors (Lipinski definition) is 4. The molecule has 1 aliphatic rings. The van der Waals surface area contributed by atoms with E-state index >= 15 is 0 Å². The molecular formula is C26H21F3N2O3. The van der Waals surface area contributed by atoms with Crippen LogP contribution >= 0.6 is 0 Å². The average molecular weight is 466 g/mol. The van der Waals surface area contributed by atoms with Crippen LogP contribution in [0, 0.1) is 13.8 Å². The topological polar surface area (TPSA) is 58.6 Å². The van der Waals surface area contributed by atoms with E-state index in [1.165, 1.54) is 19.2 Å². The number of carbonyl (C=O) groups excluding carboxylic acids is 2. The number of imide groups is 1. The molecule has 0 spiro atoms. The first-order chi connectivity index (χ1) is 16.1. The van der Waals surface area contributed by atoms with Gasteiger partial charge in [0.15, 0.2) is 0 Å². The lowest BCUT2D eigenvalue weighted by Crippen LogP contribution is -2.33. The zero-order valence-corrected chi connectivity index (χ0v) is 18.7. The molecule has 0 aliphatic carbocycles. The minimum Gasteiger partial charge on any atom is -0.497 e. The Morgan fingerprint density at radius 1 is 0.882 bits per heavy atom. The highest BCUT2D eigenvalue weighted by Crippen LogP contribution is 2.37. The van der Waals surface area contributed by atoms with Crippen LogP contribution in [0.3, 0.4) is 0 Å². The molecule has 1 aliphatic heterocycles. The number of nitrogens with zero attached hydrogens (tertiary/aromatic N) is 1. The second-order valence-electron chi connectivity index (χ2n) is 7.92. The van der Waals surface area contributed by atoms with Gasteiger partial charge in [0, 0.05) is 5.69 Å². The molecule has 5 nitrogen and oxygen atoms in total. The van der Waals surface area contributed by atoms with Crippen LogP contribution in [-0.4, -0.2) is 18.9 Å². The molecular weight excluding hydrogens is 445 g/mol. The molecule has 0 atom stereocenters. The highest BCUT2D eigenvalue weighted by molar-refractivity contribution is 6.46. The number of benzene rings is 3. The highest BCUT2D eigenvalue weighted by atomic mass is 19.4. The molecule has 0 bridgehead atoms. The van der Waals surface area contributed by atoms with Crippen LogP contribution in [0.2, 0.25) is 0 Å². The molecule has 0 fully saturated rings. The number of hydrogen-bond donors (Lipinski definition) is 1. The minimum absolute atomic E-state index is 0.0415. The lowest BCUT2D eigenvalue weighted by molar-refractivity contribution is -0.137. The van der Waals surface area contributed by atoms with Gasteiger partial charge in [0.25, 0.3) is 11.8 Å². The fourth-order valence-electron chi connectivity index (χ4n) is 3.77. The Kier molecular flexibility index (Phi) is 5.91. The van der Waals surface area contributed by atoms with E-state index in [9.17, 15) is 22.8 Å². The second kappa shape index (κ2) is 8.70. The molecule has 0 aromatic heterocycles. The summed E-state index contributed by atoms with van der Waals surface area (Å²) in [6.45, 7) is 3.62. The van der Waals surface area contributed by atoms with Crippen molar-refractivity contribution < 1.29 is 27.5 Å². The van der Waals surface area contributed by atoms with E-state index < -0.39 is 23.6 Å². The highest BCUT2D eigenvalue weighted by Gasteiger charge is 2.41. The normalized spacial score (nSPS) is 14.1. The number of methoxy groups -OCH3 is 1. The molecule has 2 amide bonds. The second-order valence-corrected chi connectivity index (χ2v) is 7.92. The first-order valence-corrected chi connectivity index (χ1v) is 10.4. The van der Waals surface area contributed by atoms with Crippen molar-refractivity contribution in [3.8, 4) is 5.75 Å². The summed E-state index contributed by atoms with van der Waals surface area (Å²) >= 11 is 0. The Balaban J connectivity index is 1.84. The van der Waals surface area contributed by atoms with Gasteiger partial charge in [0.2, 0.25) is 0 Å². The van der Waals surface area contributed by atoms with Crippen LogP contribution in [0.4, 0.5) is 24.5 Å². The first-order valence-electron chi connectivity index (χ1n) is 10.4. The van der Waals surface area contributed by atoms with Gasteiger partial charge in [0.1, 0.15) is 11.4 Å². The number of alkyl halides is 3. The third-order valence-electron chi connectivity index (χ3n) is 5.53. The van der Waals surface area contributed by atoms with E-state index in [0.29, 0.717) is 22.6 Å². The Morgan fingerprint density at radius 2 is 1.59 bits per heavy atom. The van der Waals surface area contributed by atoms with Gasteiger partial charge >= 0.3 is 6.18 Å². The SMILES string of the molecule is COc1ccc(C2=C(Nc3cccc(C(F)(F)F)c3)C(=O)N(c3cc(C)ccc3C)C2=O)cc1. The molecule has 8 heteroatoms. The van der Waals surface area contributed by atoms with E-state index in [1.54, 1.807) is 43.3 Å². The standard InChI is InChI=1S/C26H21F3N2O3/c1-15-7-8-16(2)21(13-15)31-24(32)22(17-9-11-20(34-3)12-10-17)23(25(31)33)30-19-6-4-5-18(14-19)26(27,28)29/h4-14,30H,1-3H3. The number of aryl methyl sites for hydroxylation is 2. The van der Waals surface area contributed by atoms with Crippen LogP contribution in [0.15, 0.2) is 72.4 Å². The molecule has 4 rings (SSSR count). The molecule has 3 aromatic carbocycles. The van der Waals surface area contributed by atoms with E-state index in [0.717, 1.165) is 22.6 Å². The minimum atomic E-state index is -4.55. The van der Waals surface area contributed by atoms with Gasteiger partial charge in [0.05, 0.1) is 23.9 Å². The molecule has 0 unspecified atom stereocenters. The summed E-state index contributed by atoms with van der Waals surface area (Å²) in [5, 5.41) is 2.78. The lowest BCUT2D eigenvalue weighted by atomic mass is 10.0. The van der Waals surface area contributed by atoms with Crippen molar-refractivity contribution >= 4 is 28.8 Å². The van der Waals surface area contributed by atoms with Crippen molar-refractivity contribution in [1.29, 1.82) is 0 Å². The summed E-state index contributed by atoms with van der Waals surface area (Å²) in [4.78, 5) is 28.1. The number of carbonyl (C=O) groups is 2. The number of rotatable bonds is 5. The summed E-state index contributed by atoms with van der Waals surface area (Å²) in [5.41, 5.74) is 1.55. The van der Waals surface area contributed by atoms with Crippen molar-refractivity contribution in [2.24, 2.45) is 0 Å². The summed E-state index contributed by atoms with van der Waals surface area (Å²) in [6.07, 6.45) is -4.55. The van der Waals surface area contributed by atoms with Crippen molar-refractivity contribution in [3.05, 3.63) is 94.7 Å². The van der Waals surface area contributed by atoms with Crippen LogP contribution in [0.5, 0.6) is 5.75 Å². The lowest BCUT2D eigenvalue weighted by Gasteiger charge is -2.18. The number of nitrogens with one attached hydrogen (secondary N) is 1. The molecule has 3 aromatic rings. The van der Waals surface area contributed by atoms with E-state index in [1.807, 2.05) is 13.0 Å². The number of anilines is 2. The molecule has 174 valence electrons. The van der Waals surface area contributed by atoms with Gasteiger partial charge in [-0.1, -0.05) is 30.3 Å². The maximum Gasteiger partial charge on any atom is 0.416 e. The third kappa shape index (κ3) is 4.26. The maximum absolute atomic E-state index is 13.6. The quantitative estimate of drug-likeness (QED) is 0.488. The molecule has 0 saturated carbocycles. The summed E-state index contributed by atoms with van der Waals surface area (Å²) < 4.78 is 44.8. The Bertz CT molecular complexity index is 1310. The third-order valence-corrected chi connectivity index (χ3v) is 5.53. The van der Waals surface area contributed by atoms with Gasteiger partial charge in [-0.15, -0.1) is 0 Å². The van der Waals surface area contributed by atoms with Crippen molar-refractivity contribution in [3.63, 3.8) is 0 Å². The van der Waals surface area contributed by atoms with Gasteiger partial charge in [-0.3, -0.25) is 9.59 Å². The number of halogens is 3. The molecule has 1 heterocycles. The smallest absolute Gasteiger partial charge is 0.416 e. The predicted molar refractivity (Wildman–Crippen MR) is 123 cm³/mol. The van der Waals surface area contributed by atoms with Crippen molar-refractivity contribution in [1.82, 2.24) is 0 Å². The number of ether oxygens (including phenoxy) is 1. The van der Waals surface area contributed by atoms with Gasteiger partial charge in [-0.2, -0.15) is 13.2 Å². The van der Waals surface area contributed by atoms with Crippen molar-refractivity contribution in [2.45, 2.75) is 20.0 Å². The fraction of sp³-hybridized carbons (Fsp3) is 0.154. The van der Waals surface area contributed by atoms with Gasteiger partial charge in [-0.05, 0) is 66.9 Å². The maximum atomic E-state index is 13.6. The van der Waals surface area contributed by atoms with Crippen LogP contribution in [0.25, 0.3) is 5.57 Å². The largest absolute Gasteiger partial charge is 0.497 e. The summed E-state index contributed by atoms with van der Waals surface area (Å²) in [6, 6.07) is 16.4. The first kappa shape index (κ1) is 23.1. The van der Waals surface area contributed by atoms with Gasteiger partial charge < -0.3 is 10.1 Å². The van der Waals surface area contributed by atoms with Crippen LogP contribution < -0.4 is 15.0 Å². The predicted octanol–water partition coefficient (Wildman–Crippen LogP) is 5.73. The van der Waals surface area contributed by atoms with Crippen molar-refractivity contribution in [2.75, 3.05) is 17.3 Å². The van der Waals surface area contributed by atoms with Gasteiger partial charge in [-0.25, -0.2) is 4.90 Å². The Morgan fingerprint density at radius 3 is 2.24 bits per heavy atom. The summed E-state index contributed by atoms with van der Waals surface area (Å²) in [5.74, 6) is -0.667. The van der Waals surface area contributed by atoms with E-state index in [4.69, 9.17) is 4.74 Å². The summed E-state index contributed by atoms with van der Waals surface area (Å²) in [7, 11) is 1.50. The number of amides is 2. The van der Waals surface area contributed by atoms with Crippen LogP contribution in [0.1, 0.15) is 22.3 Å². The Labute approximate surface area is 194 Å². The monoisotopic (exact) mass is 466 g/mol. The van der Waals surface area contributed by atoms with E-state index in [-0.39, 0.29) is 17.0 Å². The molecule has 0 radical (unpaired) electrons. The zero-order valence-electron chi connectivity index (χ0n) is 18.7. The average Bonchev–Trinajstić information content (AvgIpc) is 3.04. The molecule has 34 heavy (non-hydrogen) atoms.